The van der Waals surface area contributed by atoms with E-state index in [0.717, 1.165) is 11.8 Å². The minimum atomic E-state index is -3.68. The van der Waals surface area contributed by atoms with Crippen molar-refractivity contribution in [1.82, 2.24) is 24.5 Å². The fourth-order valence-electron chi connectivity index (χ4n) is 3.21. The quantitative estimate of drug-likeness (QED) is 0.787. The molecule has 0 saturated carbocycles. The van der Waals surface area contributed by atoms with E-state index in [1.54, 1.807) is 31.3 Å². The number of nitrogens with one attached hydrogen (secondary N) is 1. The Hall–Kier alpha value is -2.32. The Bertz CT molecular complexity index is 993. The topological polar surface area (TPSA) is 91.8 Å². The summed E-state index contributed by atoms with van der Waals surface area (Å²) in [6, 6.07) is 8.55. The first kappa shape index (κ1) is 15.2. The van der Waals surface area contributed by atoms with Gasteiger partial charge in [-0.25, -0.2) is 13.4 Å². The average Bonchev–Trinajstić information content (AvgIpc) is 3.23. The molecule has 0 unspecified atom stereocenters. The molecular weight excluding hydrogens is 326 g/mol. The SMILES string of the molecule is Cc1nc([C@@H]2CCCN2S(=O)(=O)c2cccc3cccnc23)n[nH]1. The number of rotatable bonds is 3. The van der Waals surface area contributed by atoms with Gasteiger partial charge in [0, 0.05) is 18.1 Å². The highest BCUT2D eigenvalue weighted by atomic mass is 32.2. The van der Waals surface area contributed by atoms with E-state index in [1.165, 1.54) is 4.31 Å². The first-order chi connectivity index (χ1) is 11.6. The second-order valence-corrected chi connectivity index (χ2v) is 7.74. The van der Waals surface area contributed by atoms with Crippen LogP contribution < -0.4 is 0 Å². The van der Waals surface area contributed by atoms with Crippen LogP contribution in [0.5, 0.6) is 0 Å². The van der Waals surface area contributed by atoms with Crippen LogP contribution in [0.2, 0.25) is 0 Å². The fourth-order valence-corrected chi connectivity index (χ4v) is 5.03. The summed E-state index contributed by atoms with van der Waals surface area (Å²) >= 11 is 0. The molecule has 1 saturated heterocycles. The second-order valence-electron chi connectivity index (χ2n) is 5.88. The lowest BCUT2D eigenvalue weighted by Gasteiger charge is -2.22. The Kier molecular flexibility index (Phi) is 3.58. The molecule has 1 aromatic carbocycles. The van der Waals surface area contributed by atoms with Crippen molar-refractivity contribution in [3.8, 4) is 0 Å². The lowest BCUT2D eigenvalue weighted by atomic mass is 10.2. The number of hydrogen-bond acceptors (Lipinski definition) is 5. The zero-order valence-electron chi connectivity index (χ0n) is 13.2. The molecule has 7 nitrogen and oxygen atoms in total. The number of para-hydroxylation sites is 1. The van der Waals surface area contributed by atoms with Gasteiger partial charge in [0.15, 0.2) is 5.82 Å². The summed E-state index contributed by atoms with van der Waals surface area (Å²) in [5.74, 6) is 1.21. The molecule has 1 aliphatic rings. The third-order valence-electron chi connectivity index (χ3n) is 4.30. The molecule has 3 heterocycles. The number of fused-ring (bicyclic) bond motifs is 1. The largest absolute Gasteiger partial charge is 0.263 e. The molecule has 4 rings (SSSR count). The van der Waals surface area contributed by atoms with Crippen molar-refractivity contribution in [2.24, 2.45) is 0 Å². The van der Waals surface area contributed by atoms with Gasteiger partial charge in [0.1, 0.15) is 10.7 Å². The molecule has 3 aromatic rings. The first-order valence-electron chi connectivity index (χ1n) is 7.82. The van der Waals surface area contributed by atoms with Crippen molar-refractivity contribution < 1.29 is 8.42 Å². The van der Waals surface area contributed by atoms with E-state index >= 15 is 0 Å². The van der Waals surface area contributed by atoms with Crippen molar-refractivity contribution in [1.29, 1.82) is 0 Å². The van der Waals surface area contributed by atoms with E-state index in [9.17, 15) is 8.42 Å². The highest BCUT2D eigenvalue weighted by Gasteiger charge is 2.39. The van der Waals surface area contributed by atoms with E-state index in [2.05, 4.69) is 20.2 Å². The smallest absolute Gasteiger partial charge is 0.245 e. The molecule has 1 N–H and O–H groups in total. The van der Waals surface area contributed by atoms with Gasteiger partial charge in [-0.15, -0.1) is 0 Å². The van der Waals surface area contributed by atoms with Crippen LogP contribution >= 0.6 is 0 Å². The van der Waals surface area contributed by atoms with Crippen LogP contribution in [0, 0.1) is 6.92 Å². The Morgan fingerprint density at radius 1 is 1.25 bits per heavy atom. The van der Waals surface area contributed by atoms with Crippen LogP contribution in [0.1, 0.15) is 30.5 Å². The van der Waals surface area contributed by atoms with Gasteiger partial charge in [-0.1, -0.05) is 18.2 Å². The average molecular weight is 343 g/mol. The summed E-state index contributed by atoms with van der Waals surface area (Å²) in [5.41, 5.74) is 0.497. The second kappa shape index (κ2) is 5.64. The number of nitrogens with zero attached hydrogens (tertiary/aromatic N) is 4. The predicted octanol–water partition coefficient (Wildman–Crippen LogP) is 2.19. The molecule has 0 spiro atoms. The van der Waals surface area contributed by atoms with Crippen molar-refractivity contribution in [2.45, 2.75) is 30.7 Å². The van der Waals surface area contributed by atoms with E-state index in [0.29, 0.717) is 30.1 Å². The van der Waals surface area contributed by atoms with Gasteiger partial charge in [-0.2, -0.15) is 9.40 Å². The van der Waals surface area contributed by atoms with E-state index in [4.69, 9.17) is 0 Å². The standard InChI is InChI=1S/C16H17N5O2S/c1-11-18-16(20-19-11)13-7-4-10-21(13)24(22,23)14-8-2-5-12-6-3-9-17-15(12)14/h2-3,5-6,8-9,13H,4,7,10H2,1H3,(H,18,19,20)/t13-/m0/s1. The monoisotopic (exact) mass is 343 g/mol. The Morgan fingerprint density at radius 3 is 2.88 bits per heavy atom. The van der Waals surface area contributed by atoms with Gasteiger partial charge < -0.3 is 0 Å². The third-order valence-corrected chi connectivity index (χ3v) is 6.24. The third kappa shape index (κ3) is 2.38. The summed E-state index contributed by atoms with van der Waals surface area (Å²) in [4.78, 5) is 8.84. The minimum Gasteiger partial charge on any atom is -0.263 e. The number of pyridine rings is 1. The molecule has 1 fully saturated rings. The maximum absolute atomic E-state index is 13.3. The first-order valence-corrected chi connectivity index (χ1v) is 9.26. The number of benzene rings is 1. The predicted molar refractivity (Wildman–Crippen MR) is 88.7 cm³/mol. The van der Waals surface area contributed by atoms with E-state index < -0.39 is 10.0 Å². The number of hydrogen-bond donors (Lipinski definition) is 1. The van der Waals surface area contributed by atoms with Crippen LogP contribution in [-0.4, -0.2) is 39.4 Å². The van der Waals surface area contributed by atoms with E-state index in [1.807, 2.05) is 12.1 Å². The molecule has 124 valence electrons. The molecule has 0 radical (unpaired) electrons. The van der Waals surface area contributed by atoms with Crippen molar-refractivity contribution >= 4 is 20.9 Å². The highest BCUT2D eigenvalue weighted by Crippen LogP contribution is 2.36. The number of aromatic nitrogens is 4. The lowest BCUT2D eigenvalue weighted by Crippen LogP contribution is -2.31. The summed E-state index contributed by atoms with van der Waals surface area (Å²) in [7, 11) is -3.68. The zero-order valence-corrected chi connectivity index (χ0v) is 14.0. The number of aromatic amines is 1. The normalized spacial score (nSPS) is 19.1. The number of aryl methyl sites for hydroxylation is 1. The van der Waals surface area contributed by atoms with Gasteiger partial charge in [-0.3, -0.25) is 10.1 Å². The molecule has 0 bridgehead atoms. The molecule has 1 aliphatic heterocycles. The number of H-pyrrole nitrogens is 1. The van der Waals surface area contributed by atoms with Crippen LogP contribution in [-0.2, 0) is 10.0 Å². The maximum atomic E-state index is 13.3. The molecule has 0 aliphatic carbocycles. The van der Waals surface area contributed by atoms with Crippen molar-refractivity contribution in [3.05, 3.63) is 48.2 Å². The van der Waals surface area contributed by atoms with Gasteiger partial charge in [-0.05, 0) is 31.9 Å². The summed E-state index contributed by atoms with van der Waals surface area (Å²) < 4.78 is 28.0. The number of sulfonamides is 1. The zero-order chi connectivity index (χ0) is 16.7. The lowest BCUT2D eigenvalue weighted by molar-refractivity contribution is 0.384. The molecule has 8 heteroatoms. The molecule has 0 amide bonds. The molecular formula is C16H17N5O2S. The van der Waals surface area contributed by atoms with Gasteiger partial charge in [0.25, 0.3) is 0 Å². The van der Waals surface area contributed by atoms with Crippen molar-refractivity contribution in [2.75, 3.05) is 6.54 Å². The minimum absolute atomic E-state index is 0.236. The van der Waals surface area contributed by atoms with E-state index in [-0.39, 0.29) is 10.9 Å². The fraction of sp³-hybridized carbons (Fsp3) is 0.312. The van der Waals surface area contributed by atoms with Gasteiger partial charge in [0.2, 0.25) is 10.0 Å². The van der Waals surface area contributed by atoms with Crippen LogP contribution in [0.4, 0.5) is 0 Å². The van der Waals surface area contributed by atoms with Gasteiger partial charge >= 0.3 is 0 Å². The molecule has 24 heavy (non-hydrogen) atoms. The molecule has 2 aromatic heterocycles. The Balaban J connectivity index is 1.81. The summed E-state index contributed by atoms with van der Waals surface area (Å²) in [5, 5.41) is 7.76. The summed E-state index contributed by atoms with van der Waals surface area (Å²) in [6.45, 7) is 2.27. The maximum Gasteiger partial charge on any atom is 0.245 e. The summed E-state index contributed by atoms with van der Waals surface area (Å²) in [6.07, 6.45) is 3.12. The highest BCUT2D eigenvalue weighted by molar-refractivity contribution is 7.89. The van der Waals surface area contributed by atoms with Crippen LogP contribution in [0.15, 0.2) is 41.4 Å². The van der Waals surface area contributed by atoms with Crippen molar-refractivity contribution in [3.63, 3.8) is 0 Å². The van der Waals surface area contributed by atoms with Crippen LogP contribution in [0.3, 0.4) is 0 Å². The van der Waals surface area contributed by atoms with Crippen LogP contribution in [0.25, 0.3) is 10.9 Å². The Morgan fingerprint density at radius 2 is 2.08 bits per heavy atom. The van der Waals surface area contributed by atoms with Gasteiger partial charge in [0.05, 0.1) is 11.6 Å². The Labute approximate surface area is 139 Å². The molecule has 1 atom stereocenters.